The van der Waals surface area contributed by atoms with Crippen LogP contribution in [0.15, 0.2) is 42.5 Å². The average molecular weight is 453 g/mol. The van der Waals surface area contributed by atoms with E-state index in [9.17, 15) is 9.59 Å². The molecule has 1 saturated heterocycles. The third-order valence-corrected chi connectivity index (χ3v) is 5.39. The molecule has 4 rings (SSSR count). The van der Waals surface area contributed by atoms with Gasteiger partial charge < -0.3 is 20.1 Å². The number of nitrogens with one attached hydrogen (secondary N) is 2. The largest absolute Gasteiger partial charge is 0.491 e. The number of ether oxygens (including phenoxy) is 1. The monoisotopic (exact) mass is 452 g/mol. The Labute approximate surface area is 194 Å². The Hall–Kier alpha value is -3.39. The van der Waals surface area contributed by atoms with Crippen LogP contribution in [0.3, 0.4) is 0 Å². The van der Waals surface area contributed by atoms with Gasteiger partial charge in [0, 0.05) is 0 Å². The van der Waals surface area contributed by atoms with Crippen LogP contribution in [0.1, 0.15) is 56.7 Å². The Bertz CT molecular complexity index is 1110. The zero-order chi connectivity index (χ0) is 24.1. The third-order valence-electron chi connectivity index (χ3n) is 5.39. The van der Waals surface area contributed by atoms with Crippen molar-refractivity contribution in [3.63, 3.8) is 0 Å². The number of imidazole rings is 1. The van der Waals surface area contributed by atoms with Gasteiger partial charge in [-0.15, -0.1) is 0 Å². The molecule has 1 fully saturated rings. The van der Waals surface area contributed by atoms with E-state index in [2.05, 4.69) is 15.3 Å². The van der Waals surface area contributed by atoms with E-state index in [-0.39, 0.29) is 25.0 Å². The minimum Gasteiger partial charge on any atom is -0.491 e. The van der Waals surface area contributed by atoms with Crippen LogP contribution in [0.4, 0.5) is 4.79 Å². The van der Waals surface area contributed by atoms with Gasteiger partial charge in [-0.25, -0.2) is 9.78 Å². The molecule has 1 unspecified atom stereocenters. The number of nitrogens with zero attached hydrogens (tertiary/aromatic N) is 2. The molecule has 0 radical (unpaired) electrons. The topological polar surface area (TPSA) is 108 Å². The number of urea groups is 1. The van der Waals surface area contributed by atoms with Crippen molar-refractivity contribution in [3.8, 4) is 5.75 Å². The maximum Gasteiger partial charge on any atom is 0.325 e. The number of hydrogen-bond acceptors (Lipinski definition) is 5. The number of carbonyl (C=O) groups excluding carboxylic acids is 2. The molecule has 2 aromatic carbocycles. The van der Waals surface area contributed by atoms with Crippen LogP contribution in [0.25, 0.3) is 11.0 Å². The van der Waals surface area contributed by atoms with E-state index < -0.39 is 18.1 Å². The average Bonchev–Trinajstić information content (AvgIpc) is 3.35. The summed E-state index contributed by atoms with van der Waals surface area (Å²) < 4.78 is 5.36. The fraction of sp³-hybridized carbons (Fsp3) is 0.400. The van der Waals surface area contributed by atoms with Crippen molar-refractivity contribution in [2.75, 3.05) is 13.2 Å². The van der Waals surface area contributed by atoms with Crippen molar-refractivity contribution in [2.45, 2.75) is 46.7 Å². The van der Waals surface area contributed by atoms with E-state index in [0.717, 1.165) is 16.6 Å². The Balaban J connectivity index is 0.00000149. The number of benzene rings is 2. The molecule has 1 aromatic heterocycles. The number of aromatic amines is 1. The zero-order valence-corrected chi connectivity index (χ0v) is 19.8. The number of H-pyrrole nitrogens is 1. The molecule has 0 spiro atoms. The number of carbonyl (C=O) groups is 2. The van der Waals surface area contributed by atoms with Gasteiger partial charge in [0.05, 0.1) is 17.6 Å². The van der Waals surface area contributed by atoms with E-state index in [1.807, 2.05) is 52.8 Å². The lowest BCUT2D eigenvalue weighted by molar-refractivity contribution is -0.130. The standard InChI is InChI=1S/C23H26N4O4.C2H6/c1-13(2)20(21-24-17-9-4-14(3)12-18(17)25-21)27-22(29)19(26-23(27)30)15-5-7-16(8-6-15)31-11-10-28;1-2/h4-9,12-13,19-20,28H,10-11H2,1-3H3,(H,24,25)(H,26,30);1-2H3/t19-,20?;/m1./s1. The second-order valence-electron chi connectivity index (χ2n) is 8.06. The van der Waals surface area contributed by atoms with E-state index in [0.29, 0.717) is 17.1 Å². The fourth-order valence-corrected chi connectivity index (χ4v) is 3.92. The van der Waals surface area contributed by atoms with Crippen LogP contribution in [-0.2, 0) is 4.79 Å². The Morgan fingerprint density at radius 2 is 1.82 bits per heavy atom. The lowest BCUT2D eigenvalue weighted by Gasteiger charge is -2.27. The molecule has 8 nitrogen and oxygen atoms in total. The number of fused-ring (bicyclic) bond motifs is 1. The minimum atomic E-state index is -0.771. The molecule has 8 heteroatoms. The number of aliphatic hydroxyl groups excluding tert-OH is 1. The summed E-state index contributed by atoms with van der Waals surface area (Å²) in [6, 6.07) is 11.1. The fourth-order valence-electron chi connectivity index (χ4n) is 3.92. The Morgan fingerprint density at radius 1 is 1.12 bits per heavy atom. The molecule has 176 valence electrons. The minimum absolute atomic E-state index is 0.0376. The summed E-state index contributed by atoms with van der Waals surface area (Å²) in [6.45, 7) is 10.0. The molecule has 1 aliphatic heterocycles. The van der Waals surface area contributed by atoms with Crippen LogP contribution < -0.4 is 10.1 Å². The van der Waals surface area contributed by atoms with Gasteiger partial charge in [0.1, 0.15) is 30.3 Å². The Morgan fingerprint density at radius 3 is 2.45 bits per heavy atom. The molecule has 0 aliphatic carbocycles. The maximum atomic E-state index is 13.3. The van der Waals surface area contributed by atoms with Crippen molar-refractivity contribution in [1.29, 1.82) is 0 Å². The summed E-state index contributed by atoms with van der Waals surface area (Å²) in [6.07, 6.45) is 0. The molecule has 33 heavy (non-hydrogen) atoms. The first-order valence-corrected chi connectivity index (χ1v) is 11.3. The van der Waals surface area contributed by atoms with Crippen LogP contribution in [0.2, 0.25) is 0 Å². The lowest BCUT2D eigenvalue weighted by atomic mass is 10.0. The molecule has 2 heterocycles. The highest BCUT2D eigenvalue weighted by atomic mass is 16.5. The molecular weight excluding hydrogens is 420 g/mol. The number of aryl methyl sites for hydroxylation is 1. The van der Waals surface area contributed by atoms with E-state index >= 15 is 0 Å². The molecule has 0 saturated carbocycles. The number of imide groups is 1. The van der Waals surface area contributed by atoms with Crippen molar-refractivity contribution >= 4 is 23.0 Å². The van der Waals surface area contributed by atoms with Gasteiger partial charge in [-0.1, -0.05) is 45.9 Å². The van der Waals surface area contributed by atoms with Gasteiger partial charge in [-0.05, 0) is 48.2 Å². The van der Waals surface area contributed by atoms with Crippen LogP contribution in [-0.4, -0.2) is 45.1 Å². The molecule has 3 aromatic rings. The highest BCUT2D eigenvalue weighted by Crippen LogP contribution is 2.34. The smallest absolute Gasteiger partial charge is 0.325 e. The van der Waals surface area contributed by atoms with Crippen LogP contribution in [0.5, 0.6) is 5.75 Å². The molecule has 2 atom stereocenters. The maximum absolute atomic E-state index is 13.3. The summed E-state index contributed by atoms with van der Waals surface area (Å²) >= 11 is 0. The lowest BCUT2D eigenvalue weighted by Crippen LogP contribution is -2.38. The first kappa shape index (κ1) is 24.3. The summed E-state index contributed by atoms with van der Waals surface area (Å²) in [4.78, 5) is 35.4. The molecule has 1 aliphatic rings. The SMILES string of the molecule is CC.Cc1ccc2nc(C(C(C)C)N3C(=O)N[C@H](c4ccc(OCCO)cc4)C3=O)[nH]c2c1. The molecule has 0 bridgehead atoms. The highest BCUT2D eigenvalue weighted by Gasteiger charge is 2.45. The van der Waals surface area contributed by atoms with Gasteiger partial charge in [0.15, 0.2) is 0 Å². The van der Waals surface area contributed by atoms with Crippen LogP contribution in [0, 0.1) is 12.8 Å². The van der Waals surface area contributed by atoms with Crippen molar-refractivity contribution in [2.24, 2.45) is 5.92 Å². The quantitative estimate of drug-likeness (QED) is 0.464. The van der Waals surface area contributed by atoms with Crippen molar-refractivity contribution < 1.29 is 19.4 Å². The summed E-state index contributed by atoms with van der Waals surface area (Å²) in [5.41, 5.74) is 3.45. The predicted octanol–water partition coefficient (Wildman–Crippen LogP) is 4.26. The van der Waals surface area contributed by atoms with Gasteiger partial charge in [-0.3, -0.25) is 9.69 Å². The van der Waals surface area contributed by atoms with Gasteiger partial charge in [0.25, 0.3) is 5.91 Å². The number of aromatic nitrogens is 2. The number of amides is 3. The van der Waals surface area contributed by atoms with Gasteiger partial charge in [0.2, 0.25) is 0 Å². The van der Waals surface area contributed by atoms with Crippen molar-refractivity contribution in [3.05, 3.63) is 59.4 Å². The predicted molar refractivity (Wildman–Crippen MR) is 127 cm³/mol. The van der Waals surface area contributed by atoms with E-state index in [1.165, 1.54) is 4.90 Å². The third kappa shape index (κ3) is 5.01. The molecule has 3 amide bonds. The van der Waals surface area contributed by atoms with Gasteiger partial charge >= 0.3 is 6.03 Å². The first-order valence-electron chi connectivity index (χ1n) is 11.3. The summed E-state index contributed by atoms with van der Waals surface area (Å²) in [7, 11) is 0. The Kier molecular flexibility index (Phi) is 7.71. The highest BCUT2D eigenvalue weighted by molar-refractivity contribution is 6.05. The number of aliphatic hydroxyl groups is 1. The van der Waals surface area contributed by atoms with E-state index in [1.54, 1.807) is 24.3 Å². The summed E-state index contributed by atoms with van der Waals surface area (Å²) in [5, 5.41) is 11.7. The van der Waals surface area contributed by atoms with E-state index in [4.69, 9.17) is 9.84 Å². The normalized spacial score (nSPS) is 16.6. The molecular formula is C25H32N4O4. The second-order valence-corrected chi connectivity index (χ2v) is 8.06. The van der Waals surface area contributed by atoms with Gasteiger partial charge in [-0.2, -0.15) is 0 Å². The first-order chi connectivity index (χ1) is 15.9. The second kappa shape index (κ2) is 10.5. The number of hydrogen-bond donors (Lipinski definition) is 3. The molecule has 3 N–H and O–H groups in total. The zero-order valence-electron chi connectivity index (χ0n) is 19.8. The summed E-state index contributed by atoms with van der Waals surface area (Å²) in [5.74, 6) is 0.824. The number of rotatable bonds is 7. The van der Waals surface area contributed by atoms with Crippen molar-refractivity contribution in [1.82, 2.24) is 20.2 Å². The van der Waals surface area contributed by atoms with Crippen LogP contribution >= 0.6 is 0 Å².